The van der Waals surface area contributed by atoms with Crippen LogP contribution >= 0.6 is 93.7 Å². The van der Waals surface area contributed by atoms with Gasteiger partial charge in [-0.05, 0) is 116 Å². The monoisotopic (exact) mass is 1730 g/mol. The molecule has 0 aliphatic heterocycles. The van der Waals surface area contributed by atoms with Gasteiger partial charge in [0.15, 0.2) is 0 Å². The molecule has 0 aliphatic carbocycles. The van der Waals surface area contributed by atoms with E-state index < -0.39 is 0 Å². The second kappa shape index (κ2) is 106. The number of amides is 2. The summed E-state index contributed by atoms with van der Waals surface area (Å²) < 4.78 is 21.5. The summed E-state index contributed by atoms with van der Waals surface area (Å²) >= 11 is 15.9. The third-order valence-electron chi connectivity index (χ3n) is 10.1. The van der Waals surface area contributed by atoms with E-state index in [4.69, 9.17) is 30.4 Å². The molecular weight excluding hydrogens is 1600 g/mol. The average molecular weight is 1730 g/mol. The van der Waals surface area contributed by atoms with Gasteiger partial charge < -0.3 is 133 Å². The first-order chi connectivity index (χ1) is 39.8. The van der Waals surface area contributed by atoms with Crippen molar-refractivity contribution in [1.29, 1.82) is 0 Å². The van der Waals surface area contributed by atoms with Crippen molar-refractivity contribution in [2.24, 2.45) is 11.5 Å². The molecule has 0 heterocycles. The molecule has 0 rings (SSSR count). The van der Waals surface area contributed by atoms with Gasteiger partial charge in [-0.1, -0.05) is 42.5 Å². The van der Waals surface area contributed by atoms with Gasteiger partial charge in [-0.15, -0.1) is 89.2 Å². The average Bonchev–Trinajstić information content (AvgIpc) is 3.56. The molecule has 0 aromatic rings. The van der Waals surface area contributed by atoms with E-state index in [0.717, 1.165) is 138 Å². The van der Waals surface area contributed by atoms with Gasteiger partial charge in [-0.25, -0.2) is 50.5 Å². The minimum atomic E-state index is -0.230. The van der Waals surface area contributed by atoms with E-state index in [2.05, 4.69) is 108 Å². The Bertz CT molecular complexity index is 1430. The molecule has 0 saturated carbocycles. The molecule has 0 aliphatic rings. The Morgan fingerprint density at radius 3 is 1.01 bits per heavy atom. The summed E-state index contributed by atoms with van der Waals surface area (Å²) in [7, 11) is 6.88. The van der Waals surface area contributed by atoms with Crippen LogP contribution in [0.3, 0.4) is 0 Å². The zero-order chi connectivity index (χ0) is 61.6. The molecule has 2 atom stereocenters. The van der Waals surface area contributed by atoms with Crippen LogP contribution in [0.5, 0.6) is 0 Å². The third kappa shape index (κ3) is 113. The van der Waals surface area contributed by atoms with Crippen molar-refractivity contribution in [3.63, 3.8) is 0 Å². The van der Waals surface area contributed by atoms with Crippen LogP contribution in [0.15, 0.2) is 0 Å². The van der Waals surface area contributed by atoms with Gasteiger partial charge in [-0.2, -0.15) is 25.7 Å². The van der Waals surface area contributed by atoms with Gasteiger partial charge in [0, 0.05) is 157 Å². The smallest absolute Gasteiger partial charge is 0.237 e. The summed E-state index contributed by atoms with van der Waals surface area (Å²) in [6.45, 7) is 17.5. The van der Waals surface area contributed by atoms with Gasteiger partial charge in [0.1, 0.15) is 0 Å². The van der Waals surface area contributed by atoms with Crippen LogP contribution < -0.4 is 43.4 Å². The molecule has 2 unspecified atom stereocenters. The maximum absolute atomic E-state index is 12.8. The molecule has 0 spiro atoms. The van der Waals surface area contributed by atoms with Crippen molar-refractivity contribution in [3.8, 4) is 0 Å². The van der Waals surface area contributed by atoms with E-state index >= 15 is 0 Å². The Morgan fingerprint density at radius 1 is 0.389 bits per heavy atom. The number of Topliss-reactive ketones (excluding diaryl/α,β-unsaturated/α-hetero) is 4. The topological polar surface area (TPSA) is 264 Å². The molecular formula is C60H124N8O10S8Y4-8. The van der Waals surface area contributed by atoms with Crippen molar-refractivity contribution < 1.29 is 179 Å². The van der Waals surface area contributed by atoms with Crippen molar-refractivity contribution in [2.45, 2.75) is 134 Å². The fourth-order valence-electron chi connectivity index (χ4n) is 5.97. The number of carbonyl (C=O) groups excluding carboxylic acids is 6. The standard InChI is InChI=1S/C28H52N4O5S4.C20H42N4O3S2.2C4H7OS.4CH4.4Y/c1-25(33)10-23-40-38-21-7-5-14-30-13-4-3-9-27(28(35)32-16-18-37-20-19-36-17-12-29)31-15-6-8-22-39-41-24-11-26(2)34;21-8-13-26-15-16-27-14-12-24-20(25)19(23-11-4-6-18-29)7-1-2-9-22-10-3-5-17-28;2*1-4(5)2-3-6;;;;;;;;/h7-8,10-11,27,30-31H,3-6,9,12-24,29H2,1-2H3,(H,32,35);5-6,19,22-23,28-29H,1-4,7-18,21H2,(H,24,25);2*2,6H,3H2,1H3;4*1H4;;;;/q-4;-2;2*-1;;;;;;;;. The normalized spacial score (nSPS) is 10.3. The Balaban J connectivity index is -0.000000109. The molecule has 18 nitrogen and oxygen atoms in total. The zero-order valence-corrected chi connectivity index (χ0v) is 70.4. The van der Waals surface area contributed by atoms with Gasteiger partial charge >= 0.3 is 0 Å². The van der Waals surface area contributed by atoms with Gasteiger partial charge in [0.2, 0.25) is 11.8 Å². The first-order valence-corrected chi connectivity index (χ1v) is 36.0. The van der Waals surface area contributed by atoms with Gasteiger partial charge in [0.05, 0.1) is 64.9 Å². The Hall–Kier alpha value is 3.92. The van der Waals surface area contributed by atoms with Gasteiger partial charge in [-0.3, -0.25) is 9.59 Å². The van der Waals surface area contributed by atoms with Crippen LogP contribution in [0, 0.1) is 51.4 Å². The minimum absolute atomic E-state index is 0. The minimum Gasteiger partial charge on any atom is -0.378 e. The quantitative estimate of drug-likeness (QED) is 0.0119. The number of nitrogens with one attached hydrogen (secondary N) is 6. The first-order valence-electron chi connectivity index (χ1n) is 28.5. The number of ketones is 4. The predicted molar refractivity (Wildman–Crippen MR) is 392 cm³/mol. The van der Waals surface area contributed by atoms with E-state index in [1.165, 1.54) is 26.7 Å². The van der Waals surface area contributed by atoms with E-state index in [-0.39, 0.29) is 208 Å². The summed E-state index contributed by atoms with van der Waals surface area (Å²) in [5.41, 5.74) is 10.7. The predicted octanol–water partition coefficient (Wildman–Crippen LogP) is 8.17. The summed E-state index contributed by atoms with van der Waals surface area (Å²) in [4.78, 5) is 67.0. The molecule has 0 fully saturated rings. The molecule has 0 saturated heterocycles. The Kier molecular flexibility index (Phi) is 143. The number of rotatable bonds is 60. The van der Waals surface area contributed by atoms with Crippen molar-refractivity contribution in [2.75, 3.05) is 164 Å². The molecule has 532 valence electrons. The maximum atomic E-state index is 12.8. The molecule has 0 aromatic carbocycles. The summed E-state index contributed by atoms with van der Waals surface area (Å²) in [6, 6.07) is -0.402. The molecule has 90 heavy (non-hydrogen) atoms. The number of carbonyl (C=O) groups is 6. The van der Waals surface area contributed by atoms with Crippen LogP contribution in [0.1, 0.15) is 122 Å². The summed E-state index contributed by atoms with van der Waals surface area (Å²) in [6.07, 6.45) is 24.6. The van der Waals surface area contributed by atoms with Crippen LogP contribution in [0.2, 0.25) is 0 Å². The Morgan fingerprint density at radius 2 is 0.700 bits per heavy atom. The largest absolute Gasteiger partial charge is 0.378 e. The third-order valence-corrected chi connectivity index (χ3v) is 15.3. The van der Waals surface area contributed by atoms with E-state index in [0.29, 0.717) is 90.5 Å². The summed E-state index contributed by atoms with van der Waals surface area (Å²) in [5.74, 6) is 6.50. The molecule has 10 N–H and O–H groups in total. The number of unbranched alkanes of at least 4 members (excludes halogenated alkanes) is 6. The van der Waals surface area contributed by atoms with Crippen molar-refractivity contribution in [3.05, 3.63) is 51.4 Å². The van der Waals surface area contributed by atoms with E-state index in [1.807, 2.05) is 0 Å². The van der Waals surface area contributed by atoms with Crippen LogP contribution in [-0.2, 0) is 179 Å². The van der Waals surface area contributed by atoms with Crippen LogP contribution in [0.4, 0.5) is 0 Å². The SMILES string of the molecule is C.C.C.C.CC(=O)[CH-]CS.CC(=O)[CH-]CS.CC(=O)[CH-]CSSC[CH-]CCNCCCCC(NCC[CH-]CSSC[CH-]C(C)=O)C(=O)NCCOCCOCCN.NCCOCCOCCNC(=O)C(CCCCNCC[CH-]CS)NCC[CH-]CS.[Y].[Y].[Y].[Y]. The second-order valence-corrected chi connectivity index (χ2v) is 24.1. The van der Waals surface area contributed by atoms with E-state index in [9.17, 15) is 28.8 Å². The number of hydrogen-bond donors (Lipinski definition) is 12. The number of thiol groups is 4. The number of ether oxygens (including phenoxy) is 4. The molecule has 0 aromatic heterocycles. The van der Waals surface area contributed by atoms with Gasteiger partial charge in [0.25, 0.3) is 0 Å². The van der Waals surface area contributed by atoms with Crippen molar-refractivity contribution >= 4 is 129 Å². The fraction of sp³-hybridized carbons (Fsp3) is 0.767. The second-order valence-electron chi connectivity index (χ2n) is 17.6. The molecule has 0 bridgehead atoms. The summed E-state index contributed by atoms with van der Waals surface area (Å²) in [5, 5.41) is 19.6. The molecule has 30 heteroatoms. The first kappa shape index (κ1) is 121. The van der Waals surface area contributed by atoms with E-state index in [1.54, 1.807) is 69.9 Å². The number of nitrogens with two attached hydrogens (primary N) is 2. The fourth-order valence-corrected chi connectivity index (χ4v) is 10.5. The molecule has 2 amide bonds. The van der Waals surface area contributed by atoms with Crippen LogP contribution in [-0.4, -0.2) is 211 Å². The Labute approximate surface area is 690 Å². The zero-order valence-electron chi connectivity index (χ0n) is 52.2. The van der Waals surface area contributed by atoms with Crippen LogP contribution in [0.25, 0.3) is 0 Å². The number of hydrogen-bond acceptors (Lipinski definition) is 24. The van der Waals surface area contributed by atoms with Crippen molar-refractivity contribution in [1.82, 2.24) is 31.9 Å². The molecule has 4 radical (unpaired) electrons. The maximum Gasteiger partial charge on any atom is 0.237 e.